The molecule has 0 amide bonds. The van der Waals surface area contributed by atoms with Gasteiger partial charge in [0, 0.05) is 0 Å². The molecule has 2 aromatic carbocycles. The quantitative estimate of drug-likeness (QED) is 0.849. The van der Waals surface area contributed by atoms with Crippen LogP contribution >= 0.6 is 0 Å². The van der Waals surface area contributed by atoms with Crippen molar-refractivity contribution in [3.05, 3.63) is 77.4 Å². The van der Waals surface area contributed by atoms with Gasteiger partial charge in [-0.1, -0.05) is 66.2 Å². The van der Waals surface area contributed by atoms with Crippen LogP contribution in [0.25, 0.3) is 5.57 Å². The van der Waals surface area contributed by atoms with Crippen molar-refractivity contribution in [2.45, 2.75) is 20.0 Å². The first kappa shape index (κ1) is 12.6. The topological polar surface area (TPSA) is 20.2 Å². The fourth-order valence-electron chi connectivity index (χ4n) is 2.14. The second-order valence-corrected chi connectivity index (χ2v) is 4.59. The number of hydrogen-bond acceptors (Lipinski definition) is 1. The molecular formula is C17H18O. The summed E-state index contributed by atoms with van der Waals surface area (Å²) in [7, 11) is 0. The van der Waals surface area contributed by atoms with E-state index in [0.29, 0.717) is 0 Å². The van der Waals surface area contributed by atoms with Gasteiger partial charge in [-0.2, -0.15) is 0 Å². The molecule has 0 aliphatic heterocycles. The highest BCUT2D eigenvalue weighted by atomic mass is 16.3. The minimum absolute atomic E-state index is 0.571. The van der Waals surface area contributed by atoms with Gasteiger partial charge in [-0.15, -0.1) is 0 Å². The van der Waals surface area contributed by atoms with Crippen LogP contribution in [0.4, 0.5) is 0 Å². The zero-order chi connectivity index (χ0) is 13.0. The molecule has 0 aliphatic carbocycles. The third-order valence-electron chi connectivity index (χ3n) is 3.01. The van der Waals surface area contributed by atoms with Gasteiger partial charge in [0.2, 0.25) is 0 Å². The summed E-state index contributed by atoms with van der Waals surface area (Å²) in [6.45, 7) is 4.07. The summed E-state index contributed by atoms with van der Waals surface area (Å²) in [6, 6.07) is 19.8. The van der Waals surface area contributed by atoms with Crippen molar-refractivity contribution in [1.29, 1.82) is 0 Å². The molecule has 0 saturated heterocycles. The van der Waals surface area contributed by atoms with E-state index in [-0.39, 0.29) is 0 Å². The first-order valence-electron chi connectivity index (χ1n) is 6.16. The van der Waals surface area contributed by atoms with Gasteiger partial charge in [0.15, 0.2) is 0 Å². The monoisotopic (exact) mass is 238 g/mol. The summed E-state index contributed by atoms with van der Waals surface area (Å²) in [5.74, 6) is 0. The highest BCUT2D eigenvalue weighted by Gasteiger charge is 2.15. The summed E-state index contributed by atoms with van der Waals surface area (Å²) in [5.41, 5.74) is 4.13. The fourth-order valence-corrected chi connectivity index (χ4v) is 2.14. The Hall–Kier alpha value is -1.86. The van der Waals surface area contributed by atoms with E-state index < -0.39 is 6.10 Å². The van der Waals surface area contributed by atoms with Crippen LogP contribution in [0.3, 0.4) is 0 Å². The number of allylic oxidation sites excluding steroid dienone is 1. The lowest BCUT2D eigenvalue weighted by Crippen LogP contribution is -2.02. The zero-order valence-corrected chi connectivity index (χ0v) is 10.8. The average Bonchev–Trinajstić information content (AvgIpc) is 2.40. The summed E-state index contributed by atoms with van der Waals surface area (Å²) in [4.78, 5) is 0. The maximum Gasteiger partial charge on any atom is 0.105 e. The maximum atomic E-state index is 10.5. The van der Waals surface area contributed by atoms with Gasteiger partial charge in [-0.3, -0.25) is 0 Å². The predicted molar refractivity (Wildman–Crippen MR) is 76.1 cm³/mol. The van der Waals surface area contributed by atoms with Gasteiger partial charge in [0.05, 0.1) is 0 Å². The van der Waals surface area contributed by atoms with Crippen molar-refractivity contribution in [3.63, 3.8) is 0 Å². The minimum atomic E-state index is -0.571. The summed E-state index contributed by atoms with van der Waals surface area (Å²) < 4.78 is 0. The molecule has 0 spiro atoms. The molecule has 92 valence electrons. The van der Waals surface area contributed by atoms with E-state index in [0.717, 1.165) is 22.3 Å². The Bertz CT molecular complexity index is 522. The molecule has 0 bridgehead atoms. The second kappa shape index (κ2) is 5.65. The molecule has 18 heavy (non-hydrogen) atoms. The van der Waals surface area contributed by atoms with Crippen LogP contribution < -0.4 is 0 Å². The highest BCUT2D eigenvalue weighted by Crippen LogP contribution is 2.32. The molecule has 1 atom stereocenters. The summed E-state index contributed by atoms with van der Waals surface area (Å²) >= 11 is 0. The van der Waals surface area contributed by atoms with Crippen molar-refractivity contribution in [2.24, 2.45) is 0 Å². The molecule has 0 aromatic heterocycles. The standard InChI is InChI=1S/C17H18O/c1-13(2)16(14-9-5-3-6-10-14)17(18)15-11-7-4-8-12-15/h3-12,17-18H,1-2H3. The largest absolute Gasteiger partial charge is 0.384 e. The van der Waals surface area contributed by atoms with Crippen LogP contribution in [0, 0.1) is 0 Å². The smallest absolute Gasteiger partial charge is 0.105 e. The van der Waals surface area contributed by atoms with Crippen molar-refractivity contribution < 1.29 is 5.11 Å². The lowest BCUT2D eigenvalue weighted by Gasteiger charge is -2.18. The van der Waals surface area contributed by atoms with Crippen molar-refractivity contribution >= 4 is 5.57 Å². The Labute approximate surface area is 108 Å². The van der Waals surface area contributed by atoms with Gasteiger partial charge in [0.1, 0.15) is 6.10 Å². The van der Waals surface area contributed by atoms with E-state index in [1.807, 2.05) is 74.5 Å². The normalized spacial score (nSPS) is 11.9. The first-order chi connectivity index (χ1) is 8.70. The average molecular weight is 238 g/mol. The van der Waals surface area contributed by atoms with Gasteiger partial charge >= 0.3 is 0 Å². The number of benzene rings is 2. The molecule has 0 radical (unpaired) electrons. The van der Waals surface area contributed by atoms with Crippen LogP contribution in [0.15, 0.2) is 66.2 Å². The molecule has 0 saturated carbocycles. The Kier molecular flexibility index (Phi) is 3.96. The van der Waals surface area contributed by atoms with E-state index in [2.05, 4.69) is 0 Å². The summed E-state index contributed by atoms with van der Waals surface area (Å²) in [6.07, 6.45) is -0.571. The lowest BCUT2D eigenvalue weighted by molar-refractivity contribution is 0.237. The van der Waals surface area contributed by atoms with Crippen LogP contribution in [0.2, 0.25) is 0 Å². The molecule has 1 nitrogen and oxygen atoms in total. The van der Waals surface area contributed by atoms with E-state index in [1.54, 1.807) is 0 Å². The van der Waals surface area contributed by atoms with E-state index in [9.17, 15) is 5.11 Å². The fraction of sp³-hybridized carbons (Fsp3) is 0.176. The van der Waals surface area contributed by atoms with Crippen LogP contribution in [-0.2, 0) is 0 Å². The number of aliphatic hydroxyl groups is 1. The van der Waals surface area contributed by atoms with E-state index >= 15 is 0 Å². The Morgan fingerprint density at radius 3 is 1.83 bits per heavy atom. The number of hydrogen-bond donors (Lipinski definition) is 1. The summed E-state index contributed by atoms with van der Waals surface area (Å²) in [5, 5.41) is 10.5. The minimum Gasteiger partial charge on any atom is -0.384 e. The molecule has 0 fully saturated rings. The molecule has 0 heterocycles. The Morgan fingerprint density at radius 1 is 0.833 bits per heavy atom. The predicted octanol–water partition coefficient (Wildman–Crippen LogP) is 4.21. The van der Waals surface area contributed by atoms with Gasteiger partial charge in [-0.25, -0.2) is 0 Å². The van der Waals surface area contributed by atoms with Crippen LogP contribution in [0.5, 0.6) is 0 Å². The second-order valence-electron chi connectivity index (χ2n) is 4.59. The van der Waals surface area contributed by atoms with Crippen molar-refractivity contribution in [2.75, 3.05) is 0 Å². The molecule has 1 heteroatoms. The van der Waals surface area contributed by atoms with Gasteiger partial charge < -0.3 is 5.11 Å². The van der Waals surface area contributed by atoms with Crippen LogP contribution in [0.1, 0.15) is 31.1 Å². The van der Waals surface area contributed by atoms with Gasteiger partial charge in [-0.05, 0) is 30.5 Å². The maximum absolute atomic E-state index is 10.5. The van der Waals surface area contributed by atoms with Gasteiger partial charge in [0.25, 0.3) is 0 Å². The zero-order valence-electron chi connectivity index (χ0n) is 10.8. The Morgan fingerprint density at radius 2 is 1.33 bits per heavy atom. The van der Waals surface area contributed by atoms with E-state index in [1.165, 1.54) is 0 Å². The van der Waals surface area contributed by atoms with E-state index in [4.69, 9.17) is 0 Å². The SMILES string of the molecule is CC(C)=C(c1ccccc1)C(O)c1ccccc1. The lowest BCUT2D eigenvalue weighted by atomic mass is 9.92. The molecule has 2 rings (SSSR count). The molecule has 0 aliphatic rings. The Balaban J connectivity index is 2.43. The first-order valence-corrected chi connectivity index (χ1v) is 6.16. The third kappa shape index (κ3) is 2.69. The van der Waals surface area contributed by atoms with Crippen molar-refractivity contribution in [3.8, 4) is 0 Å². The molecular weight excluding hydrogens is 220 g/mol. The molecule has 1 N–H and O–H groups in total. The molecule has 2 aromatic rings. The number of rotatable bonds is 3. The number of aliphatic hydroxyl groups excluding tert-OH is 1. The molecule has 1 unspecified atom stereocenters. The van der Waals surface area contributed by atoms with Crippen molar-refractivity contribution in [1.82, 2.24) is 0 Å². The third-order valence-corrected chi connectivity index (χ3v) is 3.01. The highest BCUT2D eigenvalue weighted by molar-refractivity contribution is 5.72. The van der Waals surface area contributed by atoms with Crippen LogP contribution in [-0.4, -0.2) is 5.11 Å².